The van der Waals surface area contributed by atoms with Gasteiger partial charge < -0.3 is 15.0 Å². The summed E-state index contributed by atoms with van der Waals surface area (Å²) in [6.07, 6.45) is 2.16. The molecule has 1 aromatic carbocycles. The monoisotopic (exact) mass is 354 g/mol. The van der Waals surface area contributed by atoms with Crippen LogP contribution in [0.5, 0.6) is 5.75 Å². The highest BCUT2D eigenvalue weighted by atomic mass is 79.9. The summed E-state index contributed by atoms with van der Waals surface area (Å²) in [6, 6.07) is 7.57. The van der Waals surface area contributed by atoms with Crippen LogP contribution in [0.3, 0.4) is 0 Å². The third kappa shape index (κ3) is 5.32. The topological polar surface area (TPSA) is 41.6 Å². The predicted molar refractivity (Wildman–Crippen MR) is 87.5 cm³/mol. The van der Waals surface area contributed by atoms with E-state index in [1.165, 1.54) is 0 Å². The molecular formula is C16H23BrN2O2. The molecule has 0 unspecified atom stereocenters. The van der Waals surface area contributed by atoms with Gasteiger partial charge in [0.25, 0.3) is 5.91 Å². The number of likely N-dealkylation sites (tertiary alicyclic amines) is 1. The van der Waals surface area contributed by atoms with Crippen molar-refractivity contribution in [3.63, 3.8) is 0 Å². The van der Waals surface area contributed by atoms with Crippen molar-refractivity contribution < 1.29 is 9.53 Å². The molecule has 1 aromatic rings. The van der Waals surface area contributed by atoms with Crippen LogP contribution < -0.4 is 10.1 Å². The van der Waals surface area contributed by atoms with Crippen LogP contribution in [0.2, 0.25) is 0 Å². The Balaban J connectivity index is 1.72. The van der Waals surface area contributed by atoms with E-state index in [1.807, 2.05) is 29.2 Å². The molecule has 0 spiro atoms. The fraction of sp³-hybridized carbons (Fsp3) is 0.562. The number of ether oxygens (including phenoxy) is 1. The number of halogens is 1. The summed E-state index contributed by atoms with van der Waals surface area (Å²) in [4.78, 5) is 14.1. The molecule has 1 N–H and O–H groups in total. The molecule has 4 nitrogen and oxygen atoms in total. The molecule has 21 heavy (non-hydrogen) atoms. The number of hydrogen-bond acceptors (Lipinski definition) is 3. The largest absolute Gasteiger partial charge is 0.484 e. The maximum atomic E-state index is 12.2. The van der Waals surface area contributed by atoms with Crippen molar-refractivity contribution >= 4 is 21.8 Å². The highest BCUT2D eigenvalue weighted by Crippen LogP contribution is 2.19. The molecule has 1 amide bonds. The first kappa shape index (κ1) is 16.3. The van der Waals surface area contributed by atoms with Crippen LogP contribution in [-0.4, -0.2) is 43.6 Å². The number of nitrogens with one attached hydrogen (secondary N) is 1. The zero-order valence-corrected chi connectivity index (χ0v) is 14.1. The fourth-order valence-electron chi connectivity index (χ4n) is 2.53. The van der Waals surface area contributed by atoms with Gasteiger partial charge in [0.05, 0.1) is 0 Å². The first-order valence-corrected chi connectivity index (χ1v) is 8.35. The number of hydrogen-bond donors (Lipinski definition) is 1. The van der Waals surface area contributed by atoms with E-state index in [-0.39, 0.29) is 12.5 Å². The average molecular weight is 355 g/mol. The van der Waals surface area contributed by atoms with E-state index < -0.39 is 0 Å². The van der Waals surface area contributed by atoms with Gasteiger partial charge in [0.1, 0.15) is 5.75 Å². The van der Waals surface area contributed by atoms with E-state index in [1.54, 1.807) is 0 Å². The molecule has 2 rings (SSSR count). The average Bonchev–Trinajstić information content (AvgIpc) is 2.51. The highest BCUT2D eigenvalue weighted by molar-refractivity contribution is 9.10. The molecule has 116 valence electrons. The van der Waals surface area contributed by atoms with Gasteiger partial charge in [-0.1, -0.05) is 28.9 Å². The van der Waals surface area contributed by atoms with Gasteiger partial charge in [-0.2, -0.15) is 0 Å². The quantitative estimate of drug-likeness (QED) is 0.853. The van der Waals surface area contributed by atoms with Gasteiger partial charge >= 0.3 is 0 Å². The third-order valence-corrected chi connectivity index (χ3v) is 4.30. The van der Waals surface area contributed by atoms with Crippen molar-refractivity contribution in [3.05, 3.63) is 28.7 Å². The van der Waals surface area contributed by atoms with E-state index in [0.29, 0.717) is 5.92 Å². The molecule has 5 heteroatoms. The Morgan fingerprint density at radius 2 is 2.19 bits per heavy atom. The smallest absolute Gasteiger partial charge is 0.260 e. The minimum Gasteiger partial charge on any atom is -0.484 e. The number of carbonyl (C=O) groups excluding carboxylic acids is 1. The van der Waals surface area contributed by atoms with E-state index in [2.05, 4.69) is 28.2 Å². The van der Waals surface area contributed by atoms with Crippen LogP contribution in [0.15, 0.2) is 28.7 Å². The summed E-state index contributed by atoms with van der Waals surface area (Å²) in [5, 5.41) is 3.38. The lowest BCUT2D eigenvalue weighted by atomic mass is 9.97. The molecule has 0 atom stereocenters. The van der Waals surface area contributed by atoms with E-state index >= 15 is 0 Å². The molecule has 1 aliphatic heterocycles. The predicted octanol–water partition coefficient (Wildman–Crippen LogP) is 2.68. The second-order valence-corrected chi connectivity index (χ2v) is 6.29. The summed E-state index contributed by atoms with van der Waals surface area (Å²) < 4.78 is 6.52. The first-order valence-electron chi connectivity index (χ1n) is 7.56. The SMILES string of the molecule is CCNCC1CCN(C(=O)COc2cccc(Br)c2)CC1. The number of carbonyl (C=O) groups is 1. The fourth-order valence-corrected chi connectivity index (χ4v) is 2.91. The molecule has 0 aliphatic carbocycles. The lowest BCUT2D eigenvalue weighted by Crippen LogP contribution is -2.42. The van der Waals surface area contributed by atoms with Gasteiger partial charge in [-0.25, -0.2) is 0 Å². The molecule has 1 saturated heterocycles. The van der Waals surface area contributed by atoms with Crippen molar-refractivity contribution in [1.82, 2.24) is 10.2 Å². The second-order valence-electron chi connectivity index (χ2n) is 5.38. The van der Waals surface area contributed by atoms with Gasteiger partial charge in [-0.3, -0.25) is 4.79 Å². The summed E-state index contributed by atoms with van der Waals surface area (Å²) in [6.45, 7) is 6.01. The molecule has 1 aliphatic rings. The Bertz CT molecular complexity index is 459. The van der Waals surface area contributed by atoms with Crippen LogP contribution in [0.1, 0.15) is 19.8 Å². The maximum absolute atomic E-state index is 12.2. The van der Waals surface area contributed by atoms with Gasteiger partial charge in [-0.05, 0) is 50.0 Å². The zero-order chi connectivity index (χ0) is 15.1. The Morgan fingerprint density at radius 3 is 2.86 bits per heavy atom. The van der Waals surface area contributed by atoms with Crippen LogP contribution in [0, 0.1) is 5.92 Å². The zero-order valence-electron chi connectivity index (χ0n) is 12.5. The molecule has 0 saturated carbocycles. The Kier molecular flexibility index (Phi) is 6.51. The maximum Gasteiger partial charge on any atom is 0.260 e. The van der Waals surface area contributed by atoms with Gasteiger partial charge in [0.15, 0.2) is 6.61 Å². The van der Waals surface area contributed by atoms with Crippen molar-refractivity contribution in [2.24, 2.45) is 5.92 Å². The summed E-state index contributed by atoms with van der Waals surface area (Å²) in [5.41, 5.74) is 0. The van der Waals surface area contributed by atoms with E-state index in [0.717, 1.165) is 49.2 Å². The van der Waals surface area contributed by atoms with Crippen molar-refractivity contribution in [3.8, 4) is 5.75 Å². The first-order chi connectivity index (χ1) is 10.2. The van der Waals surface area contributed by atoms with Crippen LogP contribution in [0.4, 0.5) is 0 Å². The van der Waals surface area contributed by atoms with Gasteiger partial charge in [-0.15, -0.1) is 0 Å². The third-order valence-electron chi connectivity index (χ3n) is 3.81. The molecule has 1 fully saturated rings. The van der Waals surface area contributed by atoms with Crippen LogP contribution in [-0.2, 0) is 4.79 Å². The summed E-state index contributed by atoms with van der Waals surface area (Å²) in [7, 11) is 0. The Labute approximate surface area is 135 Å². The Morgan fingerprint density at radius 1 is 1.43 bits per heavy atom. The van der Waals surface area contributed by atoms with Gasteiger partial charge in [0, 0.05) is 17.6 Å². The number of rotatable bonds is 6. The summed E-state index contributed by atoms with van der Waals surface area (Å²) in [5.74, 6) is 1.50. The van der Waals surface area contributed by atoms with Crippen molar-refractivity contribution in [2.45, 2.75) is 19.8 Å². The lowest BCUT2D eigenvalue weighted by molar-refractivity contribution is -0.134. The molecule has 0 bridgehead atoms. The Hall–Kier alpha value is -1.07. The second kappa shape index (κ2) is 8.39. The van der Waals surface area contributed by atoms with Crippen LogP contribution >= 0.6 is 15.9 Å². The summed E-state index contributed by atoms with van der Waals surface area (Å²) >= 11 is 3.39. The number of piperidine rings is 1. The lowest BCUT2D eigenvalue weighted by Gasteiger charge is -2.32. The number of benzene rings is 1. The normalized spacial score (nSPS) is 16.0. The minimum absolute atomic E-state index is 0.0804. The highest BCUT2D eigenvalue weighted by Gasteiger charge is 2.22. The van der Waals surface area contributed by atoms with E-state index in [4.69, 9.17) is 4.74 Å². The van der Waals surface area contributed by atoms with E-state index in [9.17, 15) is 4.79 Å². The standard InChI is InChI=1S/C16H23BrN2O2/c1-2-18-11-13-6-8-19(9-7-13)16(20)12-21-15-5-3-4-14(17)10-15/h3-5,10,13,18H,2,6-9,11-12H2,1H3. The molecular weight excluding hydrogens is 332 g/mol. The van der Waals surface area contributed by atoms with Crippen molar-refractivity contribution in [1.29, 1.82) is 0 Å². The molecule has 0 aromatic heterocycles. The number of nitrogens with zero attached hydrogens (tertiary/aromatic N) is 1. The molecule has 0 radical (unpaired) electrons. The van der Waals surface area contributed by atoms with Gasteiger partial charge in [0.2, 0.25) is 0 Å². The van der Waals surface area contributed by atoms with Crippen LogP contribution in [0.25, 0.3) is 0 Å². The number of amides is 1. The van der Waals surface area contributed by atoms with Crippen molar-refractivity contribution in [2.75, 3.05) is 32.8 Å². The molecule has 1 heterocycles. The minimum atomic E-state index is 0.0804.